The smallest absolute Gasteiger partial charge is 0.250 e. The van der Waals surface area contributed by atoms with Crippen LogP contribution in [0.25, 0.3) is 0 Å². The molecular weight excluding hydrogens is 294 g/mol. The van der Waals surface area contributed by atoms with E-state index in [0.717, 1.165) is 30.6 Å². The lowest BCUT2D eigenvalue weighted by atomic mass is 9.97. The third-order valence-corrected chi connectivity index (χ3v) is 6.55. The molecule has 18 heavy (non-hydrogen) atoms. The van der Waals surface area contributed by atoms with Crippen molar-refractivity contribution in [3.63, 3.8) is 0 Å². The van der Waals surface area contributed by atoms with Gasteiger partial charge in [0.25, 0.3) is 0 Å². The first-order valence-electron chi connectivity index (χ1n) is 5.89. The van der Waals surface area contributed by atoms with Gasteiger partial charge in [0.2, 0.25) is 10.0 Å². The molecule has 2 N–H and O–H groups in total. The zero-order valence-corrected chi connectivity index (χ0v) is 12.2. The lowest BCUT2D eigenvalue weighted by Crippen LogP contribution is -2.31. The van der Waals surface area contributed by atoms with Crippen molar-refractivity contribution in [3.05, 3.63) is 16.5 Å². The van der Waals surface area contributed by atoms with E-state index in [1.165, 1.54) is 6.07 Å². The second kappa shape index (κ2) is 5.88. The maximum Gasteiger partial charge on any atom is 0.250 e. The fraction of sp³-hybridized carbons (Fsp3) is 0.636. The molecule has 102 valence electrons. The molecule has 0 amide bonds. The zero-order valence-electron chi connectivity index (χ0n) is 9.80. The second-order valence-corrected chi connectivity index (χ2v) is 8.25. The fourth-order valence-corrected chi connectivity index (χ4v) is 4.97. The van der Waals surface area contributed by atoms with Crippen LogP contribution in [0, 0.1) is 11.8 Å². The van der Waals surface area contributed by atoms with Crippen molar-refractivity contribution in [1.29, 1.82) is 0 Å². The van der Waals surface area contributed by atoms with E-state index in [1.54, 1.807) is 6.07 Å². The minimum Gasteiger partial charge on any atom is -0.396 e. The number of hydrogen-bond donors (Lipinski definition) is 2. The minimum atomic E-state index is -3.46. The molecule has 2 rings (SSSR count). The number of aliphatic hydroxyl groups excluding tert-OH is 1. The molecule has 1 saturated carbocycles. The molecule has 2 atom stereocenters. The molecular formula is C11H16ClNO3S2. The molecule has 0 spiro atoms. The van der Waals surface area contributed by atoms with Crippen molar-refractivity contribution in [2.24, 2.45) is 11.8 Å². The summed E-state index contributed by atoms with van der Waals surface area (Å²) in [6.07, 6.45) is 3.01. The molecule has 1 aliphatic rings. The topological polar surface area (TPSA) is 66.4 Å². The third-order valence-electron chi connectivity index (χ3n) is 3.40. The predicted molar refractivity (Wildman–Crippen MR) is 72.4 cm³/mol. The van der Waals surface area contributed by atoms with Crippen molar-refractivity contribution < 1.29 is 13.5 Å². The predicted octanol–water partition coefficient (Wildman–Crippen LogP) is 2.09. The largest absolute Gasteiger partial charge is 0.396 e. The summed E-state index contributed by atoms with van der Waals surface area (Å²) in [6.45, 7) is 0.528. The first-order valence-corrected chi connectivity index (χ1v) is 8.56. The molecule has 0 saturated heterocycles. The van der Waals surface area contributed by atoms with Crippen LogP contribution in [0.4, 0.5) is 0 Å². The van der Waals surface area contributed by atoms with Crippen LogP contribution in [0.15, 0.2) is 16.3 Å². The van der Waals surface area contributed by atoms with E-state index in [9.17, 15) is 13.5 Å². The third kappa shape index (κ3) is 3.24. The normalized spacial score (nSPS) is 24.6. The molecule has 4 nitrogen and oxygen atoms in total. The summed E-state index contributed by atoms with van der Waals surface area (Å²) in [5.41, 5.74) is 0. The molecule has 1 aromatic heterocycles. The van der Waals surface area contributed by atoms with Crippen molar-refractivity contribution in [1.82, 2.24) is 4.72 Å². The van der Waals surface area contributed by atoms with Gasteiger partial charge in [0, 0.05) is 13.2 Å². The first kappa shape index (κ1) is 14.3. The number of aliphatic hydroxyl groups is 1. The van der Waals surface area contributed by atoms with Crippen LogP contribution in [0.5, 0.6) is 0 Å². The molecule has 0 aliphatic heterocycles. The molecule has 2 unspecified atom stereocenters. The maximum absolute atomic E-state index is 12.0. The van der Waals surface area contributed by atoms with E-state index in [-0.39, 0.29) is 22.7 Å². The Bertz CT molecular complexity index is 500. The number of hydrogen-bond acceptors (Lipinski definition) is 4. The fourth-order valence-electron chi connectivity index (χ4n) is 2.35. The van der Waals surface area contributed by atoms with Gasteiger partial charge in [0.05, 0.1) is 4.34 Å². The van der Waals surface area contributed by atoms with E-state index in [0.29, 0.717) is 10.9 Å². The van der Waals surface area contributed by atoms with E-state index in [1.807, 2.05) is 0 Å². The summed E-state index contributed by atoms with van der Waals surface area (Å²) in [7, 11) is -3.46. The first-order chi connectivity index (χ1) is 8.53. The van der Waals surface area contributed by atoms with Crippen LogP contribution >= 0.6 is 22.9 Å². The lowest BCUT2D eigenvalue weighted by molar-refractivity contribution is 0.195. The Morgan fingerprint density at radius 1 is 1.39 bits per heavy atom. The average Bonchev–Trinajstić information content (AvgIpc) is 2.94. The quantitative estimate of drug-likeness (QED) is 0.875. The van der Waals surface area contributed by atoms with Gasteiger partial charge in [-0.1, -0.05) is 18.0 Å². The van der Waals surface area contributed by atoms with Crippen molar-refractivity contribution in [2.45, 2.75) is 23.5 Å². The van der Waals surface area contributed by atoms with Crippen LogP contribution in [-0.2, 0) is 10.0 Å². The maximum atomic E-state index is 12.0. The van der Waals surface area contributed by atoms with Gasteiger partial charge < -0.3 is 5.11 Å². The van der Waals surface area contributed by atoms with Gasteiger partial charge in [0.15, 0.2) is 0 Å². The molecule has 1 fully saturated rings. The Hall–Kier alpha value is -0.140. The summed E-state index contributed by atoms with van der Waals surface area (Å²) in [4.78, 5) is 0. The monoisotopic (exact) mass is 309 g/mol. The number of halogens is 1. The Balaban J connectivity index is 1.97. The number of sulfonamides is 1. The van der Waals surface area contributed by atoms with E-state index < -0.39 is 10.0 Å². The van der Waals surface area contributed by atoms with Gasteiger partial charge in [-0.05, 0) is 36.8 Å². The summed E-state index contributed by atoms with van der Waals surface area (Å²) < 4.78 is 27.3. The van der Waals surface area contributed by atoms with Gasteiger partial charge in [-0.25, -0.2) is 13.1 Å². The van der Waals surface area contributed by atoms with Gasteiger partial charge in [-0.15, -0.1) is 11.3 Å². The summed E-state index contributed by atoms with van der Waals surface area (Å²) in [6, 6.07) is 3.08. The van der Waals surface area contributed by atoms with E-state index in [2.05, 4.69) is 4.72 Å². The minimum absolute atomic E-state index is 0.136. The van der Waals surface area contributed by atoms with Crippen molar-refractivity contribution >= 4 is 33.0 Å². The molecule has 1 heterocycles. The summed E-state index contributed by atoms with van der Waals surface area (Å²) in [5, 5.41) is 9.19. The Morgan fingerprint density at radius 3 is 2.72 bits per heavy atom. The van der Waals surface area contributed by atoms with Gasteiger partial charge in [-0.3, -0.25) is 0 Å². The second-order valence-electron chi connectivity index (χ2n) is 4.54. The SMILES string of the molecule is O=S(=O)(NCC1CCCC1CO)c1ccc(Cl)s1. The van der Waals surface area contributed by atoms with Crippen LogP contribution in [-0.4, -0.2) is 26.7 Å². The standard InChI is InChI=1S/C11H16ClNO3S2/c12-10-4-5-11(17-10)18(15,16)13-6-8-2-1-3-9(8)7-14/h4-5,8-9,13-14H,1-3,6-7H2. The number of rotatable bonds is 5. The van der Waals surface area contributed by atoms with Crippen molar-refractivity contribution in [3.8, 4) is 0 Å². The zero-order chi connectivity index (χ0) is 13.2. The number of nitrogens with one attached hydrogen (secondary N) is 1. The van der Waals surface area contributed by atoms with Crippen LogP contribution in [0.3, 0.4) is 0 Å². The Labute approximate surface area is 116 Å². The highest BCUT2D eigenvalue weighted by Crippen LogP contribution is 2.31. The molecule has 7 heteroatoms. The van der Waals surface area contributed by atoms with E-state index >= 15 is 0 Å². The molecule has 1 aliphatic carbocycles. The average molecular weight is 310 g/mol. The van der Waals surface area contributed by atoms with Gasteiger partial charge in [0.1, 0.15) is 4.21 Å². The van der Waals surface area contributed by atoms with Crippen LogP contribution in [0.1, 0.15) is 19.3 Å². The molecule has 0 bridgehead atoms. The molecule has 0 radical (unpaired) electrons. The van der Waals surface area contributed by atoms with Crippen molar-refractivity contribution in [2.75, 3.05) is 13.2 Å². The van der Waals surface area contributed by atoms with Crippen LogP contribution < -0.4 is 4.72 Å². The molecule has 0 aromatic carbocycles. The highest BCUT2D eigenvalue weighted by molar-refractivity contribution is 7.91. The molecule has 1 aromatic rings. The Kier molecular flexibility index (Phi) is 4.66. The van der Waals surface area contributed by atoms with Gasteiger partial charge in [-0.2, -0.15) is 0 Å². The highest BCUT2D eigenvalue weighted by atomic mass is 35.5. The van der Waals surface area contributed by atoms with Crippen LogP contribution in [0.2, 0.25) is 4.34 Å². The lowest BCUT2D eigenvalue weighted by Gasteiger charge is -2.17. The number of thiophene rings is 1. The Morgan fingerprint density at radius 2 is 2.11 bits per heavy atom. The summed E-state index contributed by atoms with van der Waals surface area (Å²) >= 11 is 6.78. The van der Waals surface area contributed by atoms with E-state index in [4.69, 9.17) is 11.6 Å². The van der Waals surface area contributed by atoms with Gasteiger partial charge >= 0.3 is 0 Å². The highest BCUT2D eigenvalue weighted by Gasteiger charge is 2.28. The summed E-state index contributed by atoms with van der Waals surface area (Å²) in [5.74, 6) is 0.458.